The van der Waals surface area contributed by atoms with E-state index >= 15 is 0 Å². The highest BCUT2D eigenvalue weighted by Crippen LogP contribution is 2.51. The molecule has 9 heteroatoms. The van der Waals surface area contributed by atoms with E-state index in [1.807, 2.05) is 24.3 Å². The van der Waals surface area contributed by atoms with E-state index < -0.39 is 0 Å². The quantitative estimate of drug-likeness (QED) is 0.102. The highest BCUT2D eigenvalue weighted by Gasteiger charge is 2.28. The lowest BCUT2D eigenvalue weighted by Gasteiger charge is -2.26. The summed E-state index contributed by atoms with van der Waals surface area (Å²) in [4.78, 5) is 7.22. The Hall–Kier alpha value is -17.7. The monoisotopic (exact) mass is 1670 g/mol. The lowest BCUT2D eigenvalue weighted by atomic mass is 9.99. The second-order valence-corrected chi connectivity index (χ2v) is 34.3. The van der Waals surface area contributed by atoms with Gasteiger partial charge >= 0.3 is 0 Å². The standard InChI is InChI=1S/C122H77N7O2/c1-8-28-86(29-9-1)123(93-50-48-78-68-84(46-44-80(78)70-93)117-72-82-26-22-24-42-115(82)130-117)95-52-56-103-111(74-95)126(89-34-14-4-15-35-89)107-64-60-101-99(119(103)107)62-66-109-121(101)105-58-54-97(76-113(105)128(109)91-38-18-6-19-39-91)125(88-32-12-3-13-33-88)98-55-59-106-114(77-98)129(92-40-20-7-21-41-92)110-67-63-100-102(122(106)110)61-65-108-120(100)104-57-53-96(75-112(104)127(108)90-36-16-5-17-37-90)124(87-30-10-2-11-31-87)94-51-49-79-69-85(47-45-81(79)71-94)118-73-83-27-23-25-43-116(83)131-118/h1-77H. The molecule has 0 N–H and O–H groups in total. The van der Waals surface area contributed by atoms with Gasteiger partial charge in [0.05, 0.1) is 44.1 Å². The Morgan fingerprint density at radius 3 is 0.679 bits per heavy atom. The molecule has 0 aliphatic rings. The molecule has 6 heterocycles. The van der Waals surface area contributed by atoms with E-state index in [9.17, 15) is 0 Å². The van der Waals surface area contributed by atoms with E-state index in [0.717, 1.165) is 195 Å². The maximum absolute atomic E-state index is 6.36. The minimum absolute atomic E-state index is 0.859. The Kier molecular flexibility index (Phi) is 16.6. The number of aromatic nitrogens is 4. The minimum atomic E-state index is 0.859. The van der Waals surface area contributed by atoms with Crippen LogP contribution in [0.15, 0.2) is 476 Å². The molecule has 0 bridgehead atoms. The summed E-state index contributed by atoms with van der Waals surface area (Å²) < 4.78 is 22.6. The van der Waals surface area contributed by atoms with Gasteiger partial charge in [0.25, 0.3) is 0 Å². The van der Waals surface area contributed by atoms with Crippen LogP contribution in [0.5, 0.6) is 0 Å². The molecule has 9 nitrogen and oxygen atoms in total. The fourth-order valence-electron chi connectivity index (χ4n) is 21.2. The molecule has 0 aliphatic heterocycles. The van der Waals surface area contributed by atoms with Crippen molar-refractivity contribution in [1.82, 2.24) is 18.3 Å². The van der Waals surface area contributed by atoms with E-state index in [2.05, 4.69) is 476 Å². The largest absolute Gasteiger partial charge is 0.456 e. The molecule has 0 aliphatic carbocycles. The summed E-state index contributed by atoms with van der Waals surface area (Å²) in [6.07, 6.45) is 0. The Bertz CT molecular complexity index is 8710. The number of hydrogen-bond donors (Lipinski definition) is 0. The highest BCUT2D eigenvalue weighted by molar-refractivity contribution is 6.32. The third kappa shape index (κ3) is 11.8. The van der Waals surface area contributed by atoms with Crippen molar-refractivity contribution < 1.29 is 8.83 Å². The summed E-state index contributed by atoms with van der Waals surface area (Å²) in [5.74, 6) is 1.72. The fourth-order valence-corrected chi connectivity index (χ4v) is 21.2. The van der Waals surface area contributed by atoms with Gasteiger partial charge < -0.3 is 41.8 Å². The van der Waals surface area contributed by atoms with Gasteiger partial charge in [-0.05, 0) is 261 Å². The zero-order valence-corrected chi connectivity index (χ0v) is 70.9. The van der Waals surface area contributed by atoms with Gasteiger partial charge in [0.2, 0.25) is 0 Å². The lowest BCUT2D eigenvalue weighted by Crippen LogP contribution is -2.10. The summed E-state index contributed by atoms with van der Waals surface area (Å²) in [7, 11) is 0. The lowest BCUT2D eigenvalue weighted by molar-refractivity contribution is 0.631. The van der Waals surface area contributed by atoms with Crippen LogP contribution in [-0.4, -0.2) is 18.3 Å². The molecule has 21 aromatic carbocycles. The van der Waals surface area contributed by atoms with Gasteiger partial charge in [0.15, 0.2) is 0 Å². The number of rotatable bonds is 15. The summed E-state index contributed by atoms with van der Waals surface area (Å²) >= 11 is 0. The predicted molar refractivity (Wildman–Crippen MR) is 548 cm³/mol. The van der Waals surface area contributed by atoms with Gasteiger partial charge in [-0.3, -0.25) is 0 Å². The van der Waals surface area contributed by atoms with Crippen LogP contribution in [0, 0.1) is 0 Å². The molecule has 0 atom stereocenters. The van der Waals surface area contributed by atoms with Crippen molar-refractivity contribution >= 4 is 203 Å². The summed E-state index contributed by atoms with van der Waals surface area (Å²) in [6.45, 7) is 0. The van der Waals surface area contributed by atoms with E-state index in [4.69, 9.17) is 8.83 Å². The maximum atomic E-state index is 6.36. The number of para-hydroxylation sites is 9. The average molecular weight is 1670 g/mol. The Labute approximate surface area is 752 Å². The van der Waals surface area contributed by atoms with Crippen molar-refractivity contribution in [2.45, 2.75) is 0 Å². The Morgan fingerprint density at radius 2 is 0.389 bits per heavy atom. The van der Waals surface area contributed by atoms with Crippen LogP contribution in [-0.2, 0) is 0 Å². The molecule has 612 valence electrons. The van der Waals surface area contributed by atoms with E-state index in [1.54, 1.807) is 0 Å². The van der Waals surface area contributed by atoms with Crippen LogP contribution in [0.1, 0.15) is 0 Å². The normalized spacial score (nSPS) is 12.0. The van der Waals surface area contributed by atoms with Crippen molar-refractivity contribution in [2.24, 2.45) is 0 Å². The third-order valence-corrected chi connectivity index (χ3v) is 27.0. The molecule has 0 spiro atoms. The summed E-state index contributed by atoms with van der Waals surface area (Å²) in [6, 6.07) is 171. The van der Waals surface area contributed by atoms with Gasteiger partial charge in [-0.1, -0.05) is 249 Å². The van der Waals surface area contributed by atoms with Crippen LogP contribution < -0.4 is 14.7 Å². The van der Waals surface area contributed by atoms with Crippen LogP contribution in [0.3, 0.4) is 0 Å². The van der Waals surface area contributed by atoms with Crippen molar-refractivity contribution in [2.75, 3.05) is 14.7 Å². The molecule has 27 aromatic rings. The molecule has 131 heavy (non-hydrogen) atoms. The molecule has 6 aromatic heterocycles. The van der Waals surface area contributed by atoms with E-state index in [1.165, 1.54) is 53.9 Å². The average Bonchev–Trinajstić information content (AvgIpc) is 1.55. The van der Waals surface area contributed by atoms with Crippen LogP contribution in [0.25, 0.3) is 198 Å². The number of nitrogens with zero attached hydrogens (tertiary/aromatic N) is 7. The number of fused-ring (bicyclic) bond motifs is 22. The van der Waals surface area contributed by atoms with Crippen LogP contribution in [0.4, 0.5) is 51.2 Å². The number of anilines is 9. The smallest absolute Gasteiger partial charge is 0.135 e. The first-order valence-electron chi connectivity index (χ1n) is 44.7. The zero-order chi connectivity index (χ0) is 85.9. The zero-order valence-electron chi connectivity index (χ0n) is 70.9. The molecule has 0 amide bonds. The van der Waals surface area contributed by atoms with Crippen molar-refractivity contribution in [3.8, 4) is 45.4 Å². The first kappa shape index (κ1) is 73.7. The second-order valence-electron chi connectivity index (χ2n) is 34.3. The van der Waals surface area contributed by atoms with Gasteiger partial charge in [-0.2, -0.15) is 0 Å². The molecule has 0 fully saturated rings. The third-order valence-electron chi connectivity index (χ3n) is 27.0. The molecule has 0 unspecified atom stereocenters. The molecule has 0 saturated carbocycles. The van der Waals surface area contributed by atoms with Gasteiger partial charge in [-0.25, -0.2) is 0 Å². The molecule has 27 rings (SSSR count). The second kappa shape index (κ2) is 29.5. The minimum Gasteiger partial charge on any atom is -0.456 e. The first-order chi connectivity index (χ1) is 64.9. The number of furan rings is 2. The molecule has 0 saturated heterocycles. The van der Waals surface area contributed by atoms with Gasteiger partial charge in [0, 0.05) is 139 Å². The van der Waals surface area contributed by atoms with Crippen LogP contribution in [0.2, 0.25) is 0 Å². The molecular formula is C122H77N7O2. The maximum Gasteiger partial charge on any atom is 0.135 e. The van der Waals surface area contributed by atoms with Crippen LogP contribution >= 0.6 is 0 Å². The molecule has 0 radical (unpaired) electrons. The van der Waals surface area contributed by atoms with Crippen molar-refractivity contribution in [1.29, 1.82) is 0 Å². The van der Waals surface area contributed by atoms with Gasteiger partial charge in [-0.15, -0.1) is 0 Å². The Morgan fingerprint density at radius 1 is 0.153 bits per heavy atom. The van der Waals surface area contributed by atoms with E-state index in [-0.39, 0.29) is 0 Å². The van der Waals surface area contributed by atoms with Crippen molar-refractivity contribution in [3.05, 3.63) is 467 Å². The molecular weight excluding hydrogens is 1600 g/mol. The van der Waals surface area contributed by atoms with E-state index in [0.29, 0.717) is 0 Å². The van der Waals surface area contributed by atoms with Gasteiger partial charge in [0.1, 0.15) is 22.7 Å². The van der Waals surface area contributed by atoms with Crippen molar-refractivity contribution in [3.63, 3.8) is 0 Å². The topological polar surface area (TPSA) is 55.7 Å². The number of hydrogen-bond acceptors (Lipinski definition) is 5. The number of benzene rings is 21. The highest BCUT2D eigenvalue weighted by atomic mass is 16.3. The summed E-state index contributed by atoms with van der Waals surface area (Å²) in [5.41, 5.74) is 26.6. The SMILES string of the molecule is c1ccc(N(c2ccc3cc(-c4cc5ccccc5o4)ccc3c2)c2ccc3c4c5ccc6c(c5ccc4n(-c4ccccc4)c3c2)c2ccc(N(c3ccccc3)c3ccc4c5c7ccc8c(c7ccc5n(-c5ccccc5)c4c3)c3ccc(N(c4ccccc4)c4ccc5cc(-c7cc9ccccc9o7)ccc5c4)cc3n8-c3ccccc3)cc2n6-c2ccccc2)cc1. The Balaban J connectivity index is 0.602. The fraction of sp³-hybridized carbons (Fsp3) is 0. The predicted octanol–water partition coefficient (Wildman–Crippen LogP) is 33.9. The first-order valence-corrected chi connectivity index (χ1v) is 44.7. The summed E-state index contributed by atoms with van der Waals surface area (Å²) in [5, 5.41) is 21.0.